The molecule has 0 spiro atoms. The fourth-order valence-electron chi connectivity index (χ4n) is 1.68. The molecule has 0 aliphatic rings. The third-order valence-electron chi connectivity index (χ3n) is 2.63. The summed E-state index contributed by atoms with van der Waals surface area (Å²) in [5, 5.41) is 9.18. The summed E-state index contributed by atoms with van der Waals surface area (Å²) in [6.45, 7) is 2.29. The second-order valence-electron chi connectivity index (χ2n) is 3.47. The molecule has 0 radical (unpaired) electrons. The van der Waals surface area contributed by atoms with E-state index in [1.807, 2.05) is 12.1 Å². The number of nitrogens with zero attached hydrogens (tertiary/aromatic N) is 1. The summed E-state index contributed by atoms with van der Waals surface area (Å²) < 4.78 is 0. The number of aliphatic hydroxyl groups is 1. The van der Waals surface area contributed by atoms with Crippen molar-refractivity contribution in [3.05, 3.63) is 30.1 Å². The van der Waals surface area contributed by atoms with Crippen LogP contribution in [0.4, 0.5) is 0 Å². The number of aliphatic hydroxyl groups excluding tert-OH is 1. The Bertz CT molecular complexity index is 418. The lowest BCUT2D eigenvalue weighted by atomic mass is 9.97. The van der Waals surface area contributed by atoms with E-state index in [9.17, 15) is 5.11 Å². The van der Waals surface area contributed by atoms with Crippen molar-refractivity contribution in [1.29, 1.82) is 0 Å². The quantitative estimate of drug-likeness (QED) is 0.778. The average Bonchev–Trinajstić information content (AvgIpc) is 2.66. The van der Waals surface area contributed by atoms with Crippen molar-refractivity contribution >= 4 is 11.0 Å². The van der Waals surface area contributed by atoms with Crippen molar-refractivity contribution in [3.63, 3.8) is 0 Å². The van der Waals surface area contributed by atoms with Crippen LogP contribution in [0.25, 0.3) is 11.0 Å². The molecule has 1 aromatic heterocycles. The van der Waals surface area contributed by atoms with Crippen LogP contribution in [0, 0.1) is 0 Å². The predicted molar refractivity (Wildman–Crippen MR) is 56.2 cm³/mol. The first-order valence-corrected chi connectivity index (χ1v) is 4.89. The summed E-state index contributed by atoms with van der Waals surface area (Å²) in [5.41, 5.74) is 3.18. The maximum Gasteiger partial charge on any atom is 0.0931 e. The monoisotopic (exact) mass is 190 g/mol. The van der Waals surface area contributed by atoms with E-state index in [4.69, 9.17) is 0 Å². The number of hydrogen-bond acceptors (Lipinski definition) is 2. The highest BCUT2D eigenvalue weighted by atomic mass is 16.3. The summed E-state index contributed by atoms with van der Waals surface area (Å²) in [5.74, 6) is 0.239. The Morgan fingerprint density at radius 3 is 3.07 bits per heavy atom. The number of imidazole rings is 1. The van der Waals surface area contributed by atoms with Crippen molar-refractivity contribution in [2.24, 2.45) is 0 Å². The minimum Gasteiger partial charge on any atom is -0.396 e. The number of H-pyrrole nitrogens is 1. The van der Waals surface area contributed by atoms with Gasteiger partial charge in [-0.15, -0.1) is 0 Å². The van der Waals surface area contributed by atoms with Gasteiger partial charge in [0.15, 0.2) is 0 Å². The first kappa shape index (κ1) is 9.21. The molecule has 74 valence electrons. The Balaban J connectivity index is 2.42. The second kappa shape index (κ2) is 3.80. The van der Waals surface area contributed by atoms with Gasteiger partial charge in [-0.2, -0.15) is 0 Å². The summed E-state index contributed by atoms with van der Waals surface area (Å²) >= 11 is 0. The van der Waals surface area contributed by atoms with Crippen LogP contribution in [0.3, 0.4) is 0 Å². The van der Waals surface area contributed by atoms with Crippen LogP contribution >= 0.6 is 0 Å². The fraction of sp³-hybridized carbons (Fsp3) is 0.364. The van der Waals surface area contributed by atoms with Gasteiger partial charge in [0.25, 0.3) is 0 Å². The number of hydrogen-bond donors (Lipinski definition) is 2. The van der Waals surface area contributed by atoms with E-state index < -0.39 is 0 Å². The lowest BCUT2D eigenvalue weighted by Crippen LogP contribution is -2.02. The molecule has 0 aliphatic heterocycles. The topological polar surface area (TPSA) is 48.9 Å². The molecular formula is C11H14N2O. The maximum atomic E-state index is 9.18. The molecule has 0 fully saturated rings. The van der Waals surface area contributed by atoms with E-state index in [1.165, 1.54) is 5.56 Å². The van der Waals surface area contributed by atoms with Gasteiger partial charge in [0.05, 0.1) is 17.4 Å². The summed E-state index contributed by atoms with van der Waals surface area (Å²) in [6.07, 6.45) is 2.64. The summed E-state index contributed by atoms with van der Waals surface area (Å²) in [4.78, 5) is 7.22. The molecule has 2 aromatic rings. The third-order valence-corrected chi connectivity index (χ3v) is 2.63. The molecule has 3 nitrogen and oxygen atoms in total. The van der Waals surface area contributed by atoms with E-state index in [1.54, 1.807) is 6.33 Å². The number of fused-ring (bicyclic) bond motifs is 1. The SMILES string of the molecule is CCC(CO)c1ccc2nc[nH]c2c1. The highest BCUT2D eigenvalue weighted by Gasteiger charge is 2.08. The molecule has 1 atom stereocenters. The Morgan fingerprint density at radius 2 is 2.36 bits per heavy atom. The second-order valence-corrected chi connectivity index (χ2v) is 3.47. The molecule has 14 heavy (non-hydrogen) atoms. The van der Waals surface area contributed by atoms with Crippen molar-refractivity contribution in [1.82, 2.24) is 9.97 Å². The van der Waals surface area contributed by atoms with Gasteiger partial charge in [0.1, 0.15) is 0 Å². The zero-order valence-corrected chi connectivity index (χ0v) is 8.20. The number of nitrogens with one attached hydrogen (secondary N) is 1. The van der Waals surface area contributed by atoms with Gasteiger partial charge in [-0.25, -0.2) is 4.98 Å². The number of aromatic amines is 1. The van der Waals surface area contributed by atoms with E-state index in [2.05, 4.69) is 23.0 Å². The van der Waals surface area contributed by atoms with Crippen LogP contribution in [0.5, 0.6) is 0 Å². The summed E-state index contributed by atoms with van der Waals surface area (Å²) in [6, 6.07) is 6.08. The third kappa shape index (κ3) is 1.51. The average molecular weight is 190 g/mol. The highest BCUT2D eigenvalue weighted by molar-refractivity contribution is 5.75. The molecule has 1 unspecified atom stereocenters. The zero-order chi connectivity index (χ0) is 9.97. The van der Waals surface area contributed by atoms with Gasteiger partial charge in [-0.05, 0) is 24.1 Å². The minimum atomic E-state index is 0.205. The lowest BCUT2D eigenvalue weighted by molar-refractivity contribution is 0.262. The molecule has 0 aliphatic carbocycles. The smallest absolute Gasteiger partial charge is 0.0931 e. The molecule has 0 saturated heterocycles. The van der Waals surface area contributed by atoms with Gasteiger partial charge in [0, 0.05) is 12.5 Å². The van der Waals surface area contributed by atoms with Gasteiger partial charge in [-0.1, -0.05) is 13.0 Å². The van der Waals surface area contributed by atoms with Crippen LogP contribution in [0.15, 0.2) is 24.5 Å². The van der Waals surface area contributed by atoms with Crippen molar-refractivity contribution in [3.8, 4) is 0 Å². The largest absolute Gasteiger partial charge is 0.396 e. The van der Waals surface area contributed by atoms with Gasteiger partial charge in [-0.3, -0.25) is 0 Å². The van der Waals surface area contributed by atoms with E-state index in [0.29, 0.717) is 0 Å². The molecule has 1 heterocycles. The Morgan fingerprint density at radius 1 is 1.50 bits per heavy atom. The molecule has 3 heteroatoms. The maximum absolute atomic E-state index is 9.18. The van der Waals surface area contributed by atoms with Crippen molar-refractivity contribution in [2.75, 3.05) is 6.61 Å². The van der Waals surface area contributed by atoms with Crippen LogP contribution in [0.2, 0.25) is 0 Å². The molecule has 0 saturated carbocycles. The molecule has 1 aromatic carbocycles. The highest BCUT2D eigenvalue weighted by Crippen LogP contribution is 2.21. The van der Waals surface area contributed by atoms with E-state index in [-0.39, 0.29) is 12.5 Å². The molecule has 2 rings (SSSR count). The Kier molecular flexibility index (Phi) is 2.50. The van der Waals surface area contributed by atoms with E-state index >= 15 is 0 Å². The van der Waals surface area contributed by atoms with Crippen LogP contribution in [-0.2, 0) is 0 Å². The first-order chi connectivity index (χ1) is 6.85. The van der Waals surface area contributed by atoms with Crippen molar-refractivity contribution < 1.29 is 5.11 Å². The zero-order valence-electron chi connectivity index (χ0n) is 8.20. The normalized spacial score (nSPS) is 13.3. The number of rotatable bonds is 3. The standard InChI is InChI=1S/C11H14N2O/c1-2-8(6-14)9-3-4-10-11(5-9)13-7-12-10/h3-5,7-8,14H,2,6H2,1H3,(H,12,13). The first-order valence-electron chi connectivity index (χ1n) is 4.89. The minimum absolute atomic E-state index is 0.205. The van der Waals surface area contributed by atoms with Crippen molar-refractivity contribution in [2.45, 2.75) is 19.3 Å². The van der Waals surface area contributed by atoms with Gasteiger partial charge in [0.2, 0.25) is 0 Å². The van der Waals surface area contributed by atoms with E-state index in [0.717, 1.165) is 17.5 Å². The predicted octanol–water partition coefficient (Wildman–Crippen LogP) is 2.05. The van der Waals surface area contributed by atoms with Gasteiger partial charge >= 0.3 is 0 Å². The Hall–Kier alpha value is -1.35. The lowest BCUT2D eigenvalue weighted by Gasteiger charge is -2.11. The van der Waals surface area contributed by atoms with Crippen LogP contribution in [0.1, 0.15) is 24.8 Å². The van der Waals surface area contributed by atoms with Gasteiger partial charge < -0.3 is 10.1 Å². The Labute approximate surface area is 82.8 Å². The number of benzene rings is 1. The summed E-state index contributed by atoms with van der Waals surface area (Å²) in [7, 11) is 0. The molecular weight excluding hydrogens is 176 g/mol. The fourth-order valence-corrected chi connectivity index (χ4v) is 1.68. The van der Waals surface area contributed by atoms with Crippen LogP contribution in [-0.4, -0.2) is 21.7 Å². The number of aromatic nitrogens is 2. The van der Waals surface area contributed by atoms with Crippen LogP contribution < -0.4 is 0 Å². The molecule has 0 bridgehead atoms. The molecule has 2 N–H and O–H groups in total. The molecule has 0 amide bonds.